The van der Waals surface area contributed by atoms with Gasteiger partial charge in [0, 0.05) is 6.54 Å². The molecule has 11 N–H and O–H groups in total. The number of aliphatic carboxylic acids is 3. The Balaban J connectivity index is -0.000000326. The van der Waals surface area contributed by atoms with Crippen LogP contribution in [0.3, 0.4) is 0 Å². The summed E-state index contributed by atoms with van der Waals surface area (Å²) >= 11 is 0. The topological polar surface area (TPSA) is 228 Å². The fourth-order valence-electron chi connectivity index (χ4n) is 0.918. The quantitative estimate of drug-likeness (QED) is 0.142. The third-order valence-electron chi connectivity index (χ3n) is 2.00. The molecule has 0 rings (SSSR count). The molecule has 0 saturated carbocycles. The summed E-state index contributed by atoms with van der Waals surface area (Å²) in [7, 11) is 0. The van der Waals surface area contributed by atoms with Crippen molar-refractivity contribution in [3.8, 4) is 0 Å². The molecular weight excluding hydrogens is 322 g/mol. The van der Waals surface area contributed by atoms with Crippen LogP contribution in [0.5, 0.6) is 0 Å². The lowest BCUT2D eigenvalue weighted by atomic mass is 10.2. The lowest BCUT2D eigenvalue weighted by Crippen LogP contribution is -2.32. The Bertz CT molecular complexity index is 388. The van der Waals surface area contributed by atoms with Gasteiger partial charge in [0.1, 0.15) is 12.1 Å². The first-order chi connectivity index (χ1) is 9.57. The lowest BCUT2D eigenvalue weighted by Gasteiger charge is -2.03. The summed E-state index contributed by atoms with van der Waals surface area (Å²) in [6.45, 7) is 0.420. The van der Waals surface area contributed by atoms with E-state index in [9.17, 15) is 14.4 Å². The van der Waals surface area contributed by atoms with Gasteiger partial charge in [-0.05, 0) is 12.8 Å². The molecule has 0 aliphatic rings. The van der Waals surface area contributed by atoms with Crippen LogP contribution in [-0.2, 0) is 14.4 Å². The van der Waals surface area contributed by atoms with E-state index in [0.29, 0.717) is 19.4 Å². The number of hydrogen-bond donors (Lipinski definition) is 7. The van der Waals surface area contributed by atoms with Crippen molar-refractivity contribution in [1.82, 2.24) is 0 Å². The third-order valence-corrected chi connectivity index (χ3v) is 2.00. The van der Waals surface area contributed by atoms with Crippen molar-refractivity contribution >= 4 is 36.3 Å². The van der Waals surface area contributed by atoms with Crippen molar-refractivity contribution in [2.45, 2.75) is 31.3 Å². The minimum Gasteiger partial charge on any atom is -0.481 e. The van der Waals surface area contributed by atoms with Gasteiger partial charge in [-0.1, -0.05) is 0 Å². The van der Waals surface area contributed by atoms with Gasteiger partial charge in [0.2, 0.25) is 0 Å². The summed E-state index contributed by atoms with van der Waals surface area (Å²) in [5.41, 5.74) is 20.2. The molecule has 0 spiro atoms. The molecule has 0 aromatic carbocycles. The van der Waals surface area contributed by atoms with E-state index in [2.05, 4.69) is 4.99 Å². The van der Waals surface area contributed by atoms with Crippen molar-refractivity contribution in [3.05, 3.63) is 0 Å². The van der Waals surface area contributed by atoms with E-state index in [0.717, 1.165) is 0 Å². The van der Waals surface area contributed by atoms with E-state index in [-0.39, 0.29) is 18.4 Å². The zero-order chi connectivity index (χ0) is 17.0. The van der Waals surface area contributed by atoms with Crippen molar-refractivity contribution in [2.75, 3.05) is 6.54 Å². The van der Waals surface area contributed by atoms with Crippen LogP contribution in [0.25, 0.3) is 0 Å². The van der Waals surface area contributed by atoms with Crippen LogP contribution in [0, 0.1) is 0 Å². The van der Waals surface area contributed by atoms with Gasteiger partial charge in [-0.15, -0.1) is 12.4 Å². The number of carbonyl (C=O) groups is 3. The highest BCUT2D eigenvalue weighted by Crippen LogP contribution is 1.94. The highest BCUT2D eigenvalue weighted by Gasteiger charge is 2.14. The van der Waals surface area contributed by atoms with Crippen LogP contribution in [0.1, 0.15) is 19.3 Å². The largest absolute Gasteiger partial charge is 0.481 e. The summed E-state index contributed by atoms with van der Waals surface area (Å²) in [4.78, 5) is 33.5. The minimum absolute atomic E-state index is 0. The molecule has 2 unspecified atom stereocenters. The second kappa shape index (κ2) is 13.9. The van der Waals surface area contributed by atoms with Crippen LogP contribution in [-0.4, -0.2) is 57.8 Å². The predicted molar refractivity (Wildman–Crippen MR) is 80.6 cm³/mol. The lowest BCUT2D eigenvalue weighted by molar-refractivity contribution is -0.144. The summed E-state index contributed by atoms with van der Waals surface area (Å²) < 4.78 is 0. The Morgan fingerprint density at radius 2 is 1.41 bits per heavy atom. The van der Waals surface area contributed by atoms with Gasteiger partial charge in [-0.25, -0.2) is 0 Å². The number of aliphatic imine (C=N–C) groups is 1. The highest BCUT2D eigenvalue weighted by molar-refractivity contribution is 5.85. The van der Waals surface area contributed by atoms with E-state index in [4.69, 9.17) is 38.3 Å². The summed E-state index contributed by atoms with van der Waals surface area (Å²) in [5.74, 6) is -3.49. The standard InChI is InChI=1S/C6H14N4O2.C4H7NO4.ClH/c7-4(5(11)12)2-1-3-10-6(8)9;5-2(4(8)9)1-3(6)7;/h4H,1-3,7H2,(H,11,12)(H4,8,9,10);2H,1,5H2,(H,6,7)(H,8,9);1H. The molecule has 0 fully saturated rings. The summed E-state index contributed by atoms with van der Waals surface area (Å²) in [6, 6.07) is -2.11. The molecule has 0 aromatic rings. The molecule has 2 atom stereocenters. The first kappa shape index (κ1) is 24.9. The molecule has 0 radical (unpaired) electrons. The molecule has 130 valence electrons. The van der Waals surface area contributed by atoms with Gasteiger partial charge in [0.05, 0.1) is 6.42 Å². The number of nitrogens with zero attached hydrogens (tertiary/aromatic N) is 1. The first-order valence-corrected chi connectivity index (χ1v) is 5.81. The monoisotopic (exact) mass is 343 g/mol. The second-order valence-corrected chi connectivity index (χ2v) is 3.94. The van der Waals surface area contributed by atoms with Crippen molar-refractivity contribution < 1.29 is 29.7 Å². The first-order valence-electron chi connectivity index (χ1n) is 5.81. The van der Waals surface area contributed by atoms with Gasteiger partial charge >= 0.3 is 17.9 Å². The normalized spacial score (nSPS) is 11.7. The van der Waals surface area contributed by atoms with E-state index in [1.165, 1.54) is 0 Å². The Morgan fingerprint density at radius 3 is 1.68 bits per heavy atom. The Labute approximate surface area is 132 Å². The highest BCUT2D eigenvalue weighted by atomic mass is 35.5. The molecule has 12 heteroatoms. The molecule has 0 aliphatic carbocycles. The molecular formula is C10H22ClN5O6. The fourth-order valence-corrected chi connectivity index (χ4v) is 0.918. The van der Waals surface area contributed by atoms with Gasteiger partial charge < -0.3 is 38.3 Å². The molecule has 0 aliphatic heterocycles. The van der Waals surface area contributed by atoms with Crippen molar-refractivity contribution in [3.63, 3.8) is 0 Å². The predicted octanol–water partition coefficient (Wildman–Crippen LogP) is -2.25. The molecule has 0 amide bonds. The van der Waals surface area contributed by atoms with E-state index in [1.54, 1.807) is 0 Å². The Hall–Kier alpha value is -2.11. The maximum Gasteiger partial charge on any atom is 0.321 e. The number of hydrogen-bond acceptors (Lipinski definition) is 6. The van der Waals surface area contributed by atoms with Gasteiger partial charge in [-0.3, -0.25) is 19.4 Å². The van der Waals surface area contributed by atoms with Crippen LogP contribution >= 0.6 is 12.4 Å². The molecule has 0 heterocycles. The van der Waals surface area contributed by atoms with Crippen LogP contribution in [0.15, 0.2) is 4.99 Å². The Morgan fingerprint density at radius 1 is 0.955 bits per heavy atom. The maximum atomic E-state index is 10.2. The van der Waals surface area contributed by atoms with Crippen LogP contribution in [0.2, 0.25) is 0 Å². The van der Waals surface area contributed by atoms with Crippen molar-refractivity contribution in [1.29, 1.82) is 0 Å². The zero-order valence-corrected chi connectivity index (χ0v) is 12.5. The number of guanidine groups is 1. The minimum atomic E-state index is -1.29. The van der Waals surface area contributed by atoms with Gasteiger partial charge in [0.15, 0.2) is 5.96 Å². The van der Waals surface area contributed by atoms with Gasteiger partial charge in [0.25, 0.3) is 0 Å². The average Bonchev–Trinajstić information content (AvgIpc) is 2.33. The number of nitrogens with two attached hydrogens (primary N) is 4. The van der Waals surface area contributed by atoms with E-state index in [1.807, 2.05) is 0 Å². The number of carboxylic acids is 3. The third kappa shape index (κ3) is 17.9. The van der Waals surface area contributed by atoms with E-state index >= 15 is 0 Å². The fraction of sp³-hybridized carbons (Fsp3) is 0.600. The number of rotatable bonds is 8. The molecule has 22 heavy (non-hydrogen) atoms. The molecule has 0 aromatic heterocycles. The maximum absolute atomic E-state index is 10.2. The van der Waals surface area contributed by atoms with Crippen molar-refractivity contribution in [2.24, 2.45) is 27.9 Å². The van der Waals surface area contributed by atoms with E-state index < -0.39 is 36.4 Å². The smallest absolute Gasteiger partial charge is 0.321 e. The molecule has 0 bridgehead atoms. The molecule has 0 saturated heterocycles. The molecule has 11 nitrogen and oxygen atoms in total. The average molecular weight is 344 g/mol. The zero-order valence-electron chi connectivity index (χ0n) is 11.7. The number of carboxylic acid groups (broad SMARTS) is 3. The van der Waals surface area contributed by atoms with Crippen LogP contribution in [0.4, 0.5) is 0 Å². The SMILES string of the molecule is Cl.NC(CC(=O)O)C(=O)O.NC(N)=NCCCC(N)C(=O)O. The van der Waals surface area contributed by atoms with Gasteiger partial charge in [-0.2, -0.15) is 0 Å². The number of halogens is 1. The summed E-state index contributed by atoms with van der Waals surface area (Å²) in [5, 5.41) is 24.4. The summed E-state index contributed by atoms with van der Waals surface area (Å²) in [6.07, 6.45) is 0.423. The Kier molecular flexibility index (Phi) is 15.7. The van der Waals surface area contributed by atoms with Crippen LogP contribution < -0.4 is 22.9 Å². The second-order valence-electron chi connectivity index (χ2n) is 3.94.